The summed E-state index contributed by atoms with van der Waals surface area (Å²) in [5, 5.41) is 2.77. The molecule has 6 nitrogen and oxygen atoms in total. The standard InChI is InChI=1S/C18H26N4O2/c1-14-6-12-22(18(23)20-14)15-2-4-16(5-3-15)24-17-7-10-21(11-8-17)13-9-19/h2-5,17H,1,6-13,19H2,(H,20,23). The van der Waals surface area contributed by atoms with Gasteiger partial charge in [-0.1, -0.05) is 6.58 Å². The van der Waals surface area contributed by atoms with E-state index in [0.29, 0.717) is 13.1 Å². The SMILES string of the molecule is C=C1CCN(c2ccc(OC3CCN(CCN)CC3)cc2)C(=O)N1. The molecule has 0 bridgehead atoms. The number of carbonyl (C=O) groups is 1. The van der Waals surface area contributed by atoms with Gasteiger partial charge in [0.2, 0.25) is 0 Å². The Hall–Kier alpha value is -2.05. The molecule has 6 heteroatoms. The van der Waals surface area contributed by atoms with E-state index < -0.39 is 0 Å². The highest BCUT2D eigenvalue weighted by Gasteiger charge is 2.22. The number of piperidine rings is 1. The van der Waals surface area contributed by atoms with Crippen LogP contribution in [-0.4, -0.2) is 49.8 Å². The molecule has 0 aliphatic carbocycles. The van der Waals surface area contributed by atoms with E-state index in [9.17, 15) is 4.79 Å². The van der Waals surface area contributed by atoms with Crippen molar-refractivity contribution >= 4 is 11.7 Å². The average Bonchev–Trinajstić information content (AvgIpc) is 2.58. The molecule has 24 heavy (non-hydrogen) atoms. The third kappa shape index (κ3) is 4.07. The lowest BCUT2D eigenvalue weighted by Crippen LogP contribution is -2.45. The van der Waals surface area contributed by atoms with Crippen molar-refractivity contribution in [2.45, 2.75) is 25.4 Å². The van der Waals surface area contributed by atoms with E-state index in [1.165, 1.54) is 0 Å². The van der Waals surface area contributed by atoms with E-state index in [1.807, 2.05) is 24.3 Å². The average molecular weight is 330 g/mol. The Bertz CT molecular complexity index is 579. The second kappa shape index (κ2) is 7.68. The molecule has 1 aromatic carbocycles. The number of nitrogens with zero attached hydrogens (tertiary/aromatic N) is 2. The highest BCUT2D eigenvalue weighted by molar-refractivity contribution is 5.94. The number of benzene rings is 1. The van der Waals surface area contributed by atoms with Gasteiger partial charge in [-0.3, -0.25) is 4.90 Å². The van der Waals surface area contributed by atoms with Crippen LogP contribution in [0.3, 0.4) is 0 Å². The molecule has 2 aliphatic heterocycles. The van der Waals surface area contributed by atoms with Crippen LogP contribution < -0.4 is 20.7 Å². The first kappa shape index (κ1) is 16.8. The number of rotatable bonds is 5. The van der Waals surface area contributed by atoms with Crippen molar-refractivity contribution in [3.63, 3.8) is 0 Å². The van der Waals surface area contributed by atoms with Crippen molar-refractivity contribution in [3.8, 4) is 5.75 Å². The van der Waals surface area contributed by atoms with Gasteiger partial charge in [0, 0.05) is 50.5 Å². The van der Waals surface area contributed by atoms with E-state index >= 15 is 0 Å². The number of nitrogens with two attached hydrogens (primary N) is 1. The smallest absolute Gasteiger partial charge is 0.326 e. The van der Waals surface area contributed by atoms with Gasteiger partial charge in [-0.2, -0.15) is 0 Å². The van der Waals surface area contributed by atoms with Crippen LogP contribution in [0.15, 0.2) is 36.5 Å². The molecule has 2 amide bonds. The number of hydrogen-bond donors (Lipinski definition) is 2. The fourth-order valence-corrected chi connectivity index (χ4v) is 3.21. The highest BCUT2D eigenvalue weighted by atomic mass is 16.5. The number of hydrogen-bond acceptors (Lipinski definition) is 4. The summed E-state index contributed by atoms with van der Waals surface area (Å²) in [7, 11) is 0. The topological polar surface area (TPSA) is 70.8 Å². The van der Waals surface area contributed by atoms with Crippen molar-refractivity contribution in [2.24, 2.45) is 5.73 Å². The van der Waals surface area contributed by atoms with Crippen molar-refractivity contribution in [1.29, 1.82) is 0 Å². The maximum Gasteiger partial charge on any atom is 0.326 e. The fourth-order valence-electron chi connectivity index (χ4n) is 3.21. The molecule has 0 aromatic heterocycles. The zero-order valence-electron chi connectivity index (χ0n) is 14.0. The number of ether oxygens (including phenoxy) is 1. The van der Waals surface area contributed by atoms with E-state index in [4.69, 9.17) is 10.5 Å². The summed E-state index contributed by atoms with van der Waals surface area (Å²) in [5.41, 5.74) is 7.26. The summed E-state index contributed by atoms with van der Waals surface area (Å²) in [6.45, 7) is 8.21. The van der Waals surface area contributed by atoms with Gasteiger partial charge in [0.1, 0.15) is 11.9 Å². The largest absolute Gasteiger partial charge is 0.490 e. The van der Waals surface area contributed by atoms with Crippen LogP contribution in [-0.2, 0) is 0 Å². The number of amides is 2. The van der Waals surface area contributed by atoms with Gasteiger partial charge in [0.25, 0.3) is 0 Å². The minimum atomic E-state index is -0.118. The zero-order chi connectivity index (χ0) is 16.9. The van der Waals surface area contributed by atoms with Gasteiger partial charge < -0.3 is 20.7 Å². The van der Waals surface area contributed by atoms with Crippen LogP contribution in [0.5, 0.6) is 5.75 Å². The molecule has 0 saturated carbocycles. The summed E-state index contributed by atoms with van der Waals surface area (Å²) in [4.78, 5) is 16.1. The Labute approximate surface area is 143 Å². The molecule has 0 unspecified atom stereocenters. The fraction of sp³-hybridized carbons (Fsp3) is 0.500. The number of anilines is 1. The van der Waals surface area contributed by atoms with E-state index in [1.54, 1.807) is 4.90 Å². The van der Waals surface area contributed by atoms with Crippen molar-refractivity contribution in [1.82, 2.24) is 10.2 Å². The van der Waals surface area contributed by atoms with Crippen LogP contribution in [0.4, 0.5) is 10.5 Å². The first-order valence-electron chi connectivity index (χ1n) is 8.61. The molecule has 0 spiro atoms. The minimum absolute atomic E-state index is 0.118. The Kier molecular flexibility index (Phi) is 5.37. The number of urea groups is 1. The van der Waals surface area contributed by atoms with Gasteiger partial charge in [-0.15, -0.1) is 0 Å². The van der Waals surface area contributed by atoms with Gasteiger partial charge in [0.05, 0.1) is 0 Å². The molecular weight excluding hydrogens is 304 g/mol. The predicted octanol–water partition coefficient (Wildman–Crippen LogP) is 1.92. The summed E-state index contributed by atoms with van der Waals surface area (Å²) in [6, 6.07) is 7.64. The molecule has 2 fully saturated rings. The Morgan fingerprint density at radius 2 is 1.92 bits per heavy atom. The highest BCUT2D eigenvalue weighted by Crippen LogP contribution is 2.24. The third-order valence-corrected chi connectivity index (χ3v) is 4.60. The van der Waals surface area contributed by atoms with Crippen LogP contribution in [0.25, 0.3) is 0 Å². The first-order chi connectivity index (χ1) is 11.7. The third-order valence-electron chi connectivity index (χ3n) is 4.60. The van der Waals surface area contributed by atoms with Crippen LogP contribution in [0.2, 0.25) is 0 Å². The lowest BCUT2D eigenvalue weighted by molar-refractivity contribution is 0.102. The molecule has 3 rings (SSSR count). The van der Waals surface area contributed by atoms with Gasteiger partial charge >= 0.3 is 6.03 Å². The normalized spacial score (nSPS) is 20.1. The molecule has 130 valence electrons. The van der Waals surface area contributed by atoms with Crippen molar-refractivity contribution < 1.29 is 9.53 Å². The minimum Gasteiger partial charge on any atom is -0.490 e. The molecule has 0 radical (unpaired) electrons. The van der Waals surface area contributed by atoms with Gasteiger partial charge in [-0.05, 0) is 37.1 Å². The summed E-state index contributed by atoms with van der Waals surface area (Å²) < 4.78 is 6.08. The van der Waals surface area contributed by atoms with E-state index in [-0.39, 0.29) is 12.1 Å². The van der Waals surface area contributed by atoms with E-state index in [2.05, 4.69) is 16.8 Å². The number of nitrogens with one attached hydrogen (secondary N) is 1. The van der Waals surface area contributed by atoms with Crippen LogP contribution in [0, 0.1) is 0 Å². The number of likely N-dealkylation sites (tertiary alicyclic amines) is 1. The van der Waals surface area contributed by atoms with E-state index in [0.717, 1.165) is 56.0 Å². The van der Waals surface area contributed by atoms with Crippen LogP contribution in [0.1, 0.15) is 19.3 Å². The van der Waals surface area contributed by atoms with Crippen LogP contribution >= 0.6 is 0 Å². The lowest BCUT2D eigenvalue weighted by atomic mass is 10.1. The lowest BCUT2D eigenvalue weighted by Gasteiger charge is -2.32. The summed E-state index contributed by atoms with van der Waals surface area (Å²) >= 11 is 0. The maximum absolute atomic E-state index is 12.0. The second-order valence-electron chi connectivity index (χ2n) is 6.38. The van der Waals surface area contributed by atoms with Crippen molar-refractivity contribution in [3.05, 3.63) is 36.5 Å². The van der Waals surface area contributed by atoms with Gasteiger partial charge in [0.15, 0.2) is 0 Å². The summed E-state index contributed by atoms with van der Waals surface area (Å²) in [5.74, 6) is 0.859. The van der Waals surface area contributed by atoms with Crippen molar-refractivity contribution in [2.75, 3.05) is 37.6 Å². The molecule has 0 atom stereocenters. The Balaban J connectivity index is 1.54. The summed E-state index contributed by atoms with van der Waals surface area (Å²) in [6.07, 6.45) is 3.08. The molecule has 2 heterocycles. The monoisotopic (exact) mass is 330 g/mol. The quantitative estimate of drug-likeness (QED) is 0.865. The maximum atomic E-state index is 12.0. The second-order valence-corrected chi connectivity index (χ2v) is 6.38. The Morgan fingerprint density at radius 1 is 1.21 bits per heavy atom. The molecule has 1 aromatic rings. The number of carbonyl (C=O) groups excluding carboxylic acids is 1. The van der Waals surface area contributed by atoms with Gasteiger partial charge in [-0.25, -0.2) is 4.79 Å². The first-order valence-corrected chi connectivity index (χ1v) is 8.61. The molecular formula is C18H26N4O2. The predicted molar refractivity (Wildman–Crippen MR) is 95.2 cm³/mol. The molecule has 2 saturated heterocycles. The zero-order valence-corrected chi connectivity index (χ0v) is 14.0. The molecule has 2 aliphatic rings. The Morgan fingerprint density at radius 3 is 2.54 bits per heavy atom. The molecule has 3 N–H and O–H groups in total.